The van der Waals surface area contributed by atoms with Crippen LogP contribution < -0.4 is 10.1 Å². The van der Waals surface area contributed by atoms with Gasteiger partial charge in [0.1, 0.15) is 10.8 Å². The Hall–Kier alpha value is -1.92. The van der Waals surface area contributed by atoms with Crippen LogP contribution in [0, 0.1) is 11.8 Å². The number of carbonyl (C=O) groups excluding carboxylic acids is 1. The van der Waals surface area contributed by atoms with Gasteiger partial charge in [0.05, 0.1) is 12.1 Å². The third-order valence-electron chi connectivity index (χ3n) is 5.68. The van der Waals surface area contributed by atoms with Crippen LogP contribution in [-0.2, 0) is 11.3 Å². The summed E-state index contributed by atoms with van der Waals surface area (Å²) in [6.45, 7) is 7.10. The summed E-state index contributed by atoms with van der Waals surface area (Å²) in [5, 5.41) is 6.38. The number of aromatic nitrogens is 1. The standard InChI is InChI=1S/C23H31N3O2S/c1-16(2)28-20-9-5-17(6-10-20)14-26-12-3-4-19(15-26)21(23-24-11-13-29-23)25-22(27)18-7-8-18/h5-6,9-11,13,16,18-19,21H,3-4,7-8,12,14-15H2,1-2H3,(H,25,27). The van der Waals surface area contributed by atoms with Crippen molar-refractivity contribution in [2.75, 3.05) is 13.1 Å². The highest BCUT2D eigenvalue weighted by Gasteiger charge is 2.35. The maximum atomic E-state index is 12.5. The van der Waals surface area contributed by atoms with Crippen molar-refractivity contribution in [3.05, 3.63) is 46.4 Å². The van der Waals surface area contributed by atoms with E-state index in [-0.39, 0.29) is 24.0 Å². The van der Waals surface area contributed by atoms with E-state index in [0.717, 1.165) is 56.1 Å². The molecule has 1 aromatic heterocycles. The van der Waals surface area contributed by atoms with Crippen molar-refractivity contribution >= 4 is 17.2 Å². The first-order valence-electron chi connectivity index (χ1n) is 10.8. The first-order chi connectivity index (χ1) is 14.1. The highest BCUT2D eigenvalue weighted by molar-refractivity contribution is 7.09. The van der Waals surface area contributed by atoms with Crippen LogP contribution in [0.1, 0.15) is 56.1 Å². The topological polar surface area (TPSA) is 54.5 Å². The number of benzene rings is 1. The van der Waals surface area contributed by atoms with Gasteiger partial charge in [0.25, 0.3) is 0 Å². The molecule has 2 unspecified atom stereocenters. The summed E-state index contributed by atoms with van der Waals surface area (Å²) in [5.41, 5.74) is 1.30. The maximum Gasteiger partial charge on any atom is 0.223 e. The Morgan fingerprint density at radius 3 is 2.72 bits per heavy atom. The smallest absolute Gasteiger partial charge is 0.223 e. The highest BCUT2D eigenvalue weighted by atomic mass is 32.1. The summed E-state index contributed by atoms with van der Waals surface area (Å²) in [6, 6.07) is 8.48. The lowest BCUT2D eigenvalue weighted by Gasteiger charge is -2.36. The SMILES string of the molecule is CC(C)Oc1ccc(CN2CCCC(C(NC(=O)C3CC3)c3nccs3)C2)cc1. The number of carbonyl (C=O) groups is 1. The lowest BCUT2D eigenvalue weighted by molar-refractivity contribution is -0.123. The number of thiazole rings is 1. The van der Waals surface area contributed by atoms with Gasteiger partial charge in [0.15, 0.2) is 0 Å². The second kappa shape index (κ2) is 9.26. The van der Waals surface area contributed by atoms with Crippen molar-refractivity contribution in [2.24, 2.45) is 11.8 Å². The number of rotatable bonds is 8. The van der Waals surface area contributed by atoms with Crippen LogP contribution in [0.25, 0.3) is 0 Å². The van der Waals surface area contributed by atoms with E-state index in [0.29, 0.717) is 5.92 Å². The normalized spacial score (nSPS) is 21.1. The minimum Gasteiger partial charge on any atom is -0.491 e. The summed E-state index contributed by atoms with van der Waals surface area (Å²) >= 11 is 1.65. The molecule has 0 spiro atoms. The Balaban J connectivity index is 1.40. The van der Waals surface area contributed by atoms with Crippen LogP contribution in [0.5, 0.6) is 5.75 Å². The molecule has 5 nitrogen and oxygen atoms in total. The molecule has 1 saturated carbocycles. The van der Waals surface area contributed by atoms with E-state index >= 15 is 0 Å². The number of hydrogen-bond donors (Lipinski definition) is 1. The Labute approximate surface area is 177 Å². The Morgan fingerprint density at radius 2 is 2.07 bits per heavy atom. The predicted octanol–water partition coefficient (Wildman–Crippen LogP) is 4.41. The number of nitrogens with one attached hydrogen (secondary N) is 1. The van der Waals surface area contributed by atoms with Crippen molar-refractivity contribution in [2.45, 2.75) is 58.2 Å². The zero-order valence-corrected chi connectivity index (χ0v) is 18.2. The van der Waals surface area contributed by atoms with E-state index in [4.69, 9.17) is 4.74 Å². The summed E-state index contributed by atoms with van der Waals surface area (Å²) in [5.74, 6) is 1.76. The molecule has 0 radical (unpaired) electrons. The van der Waals surface area contributed by atoms with Crippen molar-refractivity contribution in [1.29, 1.82) is 0 Å². The van der Waals surface area contributed by atoms with Gasteiger partial charge >= 0.3 is 0 Å². The van der Waals surface area contributed by atoms with E-state index in [1.165, 1.54) is 5.56 Å². The summed E-state index contributed by atoms with van der Waals surface area (Å²) in [4.78, 5) is 19.5. The zero-order chi connectivity index (χ0) is 20.2. The van der Waals surface area contributed by atoms with Crippen molar-refractivity contribution in [3.63, 3.8) is 0 Å². The van der Waals surface area contributed by atoms with Gasteiger partial charge in [-0.2, -0.15) is 0 Å². The number of hydrogen-bond acceptors (Lipinski definition) is 5. The lowest BCUT2D eigenvalue weighted by atomic mass is 9.90. The molecule has 1 saturated heterocycles. The third-order valence-corrected chi connectivity index (χ3v) is 6.54. The second-order valence-electron chi connectivity index (χ2n) is 8.58. The Morgan fingerprint density at radius 1 is 1.28 bits per heavy atom. The molecule has 1 aliphatic carbocycles. The van der Waals surface area contributed by atoms with Crippen molar-refractivity contribution in [3.8, 4) is 5.75 Å². The van der Waals surface area contributed by atoms with Gasteiger partial charge < -0.3 is 10.1 Å². The first-order valence-corrected chi connectivity index (χ1v) is 11.6. The fourth-order valence-corrected chi connectivity index (χ4v) is 4.88. The molecule has 2 heterocycles. The number of ether oxygens (including phenoxy) is 1. The minimum absolute atomic E-state index is 0.0349. The monoisotopic (exact) mass is 413 g/mol. The average Bonchev–Trinajstić information content (AvgIpc) is 3.42. The molecule has 156 valence electrons. The van der Waals surface area contributed by atoms with Gasteiger partial charge in [-0.3, -0.25) is 9.69 Å². The maximum absolute atomic E-state index is 12.5. The third kappa shape index (κ3) is 5.58. The first kappa shape index (κ1) is 20.4. The number of piperidine rings is 1. The minimum atomic E-state index is 0.0349. The van der Waals surface area contributed by atoms with Crippen LogP contribution in [-0.4, -0.2) is 35.0 Å². The predicted molar refractivity (Wildman–Crippen MR) is 116 cm³/mol. The van der Waals surface area contributed by atoms with Crippen LogP contribution in [0.15, 0.2) is 35.8 Å². The molecule has 29 heavy (non-hydrogen) atoms. The van der Waals surface area contributed by atoms with E-state index < -0.39 is 0 Å². The van der Waals surface area contributed by atoms with Crippen LogP contribution in [0.3, 0.4) is 0 Å². The number of nitrogens with zero attached hydrogens (tertiary/aromatic N) is 2. The molecule has 2 aliphatic rings. The highest BCUT2D eigenvalue weighted by Crippen LogP contribution is 2.34. The van der Waals surface area contributed by atoms with E-state index in [1.54, 1.807) is 11.3 Å². The van der Waals surface area contributed by atoms with E-state index in [1.807, 2.05) is 25.4 Å². The zero-order valence-electron chi connectivity index (χ0n) is 17.3. The Bertz CT molecular complexity index is 787. The summed E-state index contributed by atoms with van der Waals surface area (Å²) < 4.78 is 5.75. The second-order valence-corrected chi connectivity index (χ2v) is 9.50. The largest absolute Gasteiger partial charge is 0.491 e. The number of amides is 1. The molecule has 4 rings (SSSR count). The molecular weight excluding hydrogens is 382 g/mol. The molecule has 2 aromatic rings. The Kier molecular flexibility index (Phi) is 6.50. The van der Waals surface area contributed by atoms with Crippen molar-refractivity contribution in [1.82, 2.24) is 15.2 Å². The molecule has 2 fully saturated rings. The van der Waals surface area contributed by atoms with Gasteiger partial charge in [-0.1, -0.05) is 12.1 Å². The van der Waals surface area contributed by atoms with Gasteiger partial charge in [0.2, 0.25) is 5.91 Å². The fraction of sp³-hybridized carbons (Fsp3) is 0.565. The molecule has 1 N–H and O–H groups in total. The molecule has 1 aliphatic heterocycles. The van der Waals surface area contributed by atoms with Gasteiger partial charge in [-0.25, -0.2) is 4.98 Å². The number of likely N-dealkylation sites (tertiary alicyclic amines) is 1. The van der Waals surface area contributed by atoms with Gasteiger partial charge in [-0.15, -0.1) is 11.3 Å². The van der Waals surface area contributed by atoms with Gasteiger partial charge in [0, 0.05) is 30.6 Å². The summed E-state index contributed by atoms with van der Waals surface area (Å²) in [6.07, 6.45) is 6.38. The van der Waals surface area contributed by atoms with Crippen LogP contribution in [0.4, 0.5) is 0 Å². The van der Waals surface area contributed by atoms with E-state index in [2.05, 4.69) is 39.5 Å². The molecule has 2 atom stereocenters. The molecular formula is C23H31N3O2S. The van der Waals surface area contributed by atoms with Crippen LogP contribution >= 0.6 is 11.3 Å². The van der Waals surface area contributed by atoms with E-state index in [9.17, 15) is 4.79 Å². The van der Waals surface area contributed by atoms with Crippen molar-refractivity contribution < 1.29 is 9.53 Å². The average molecular weight is 414 g/mol. The molecule has 6 heteroatoms. The molecule has 0 bridgehead atoms. The van der Waals surface area contributed by atoms with Gasteiger partial charge in [-0.05, 0) is 69.7 Å². The summed E-state index contributed by atoms with van der Waals surface area (Å²) in [7, 11) is 0. The molecule has 1 aromatic carbocycles. The van der Waals surface area contributed by atoms with Crippen LogP contribution in [0.2, 0.25) is 0 Å². The fourth-order valence-electron chi connectivity index (χ4n) is 4.10. The lowest BCUT2D eigenvalue weighted by Crippen LogP contribution is -2.43. The quantitative estimate of drug-likeness (QED) is 0.696. The molecule has 1 amide bonds.